The lowest BCUT2D eigenvalue weighted by Gasteiger charge is -2.31. The summed E-state index contributed by atoms with van der Waals surface area (Å²) in [4.78, 5) is 33.5. The van der Waals surface area contributed by atoms with Gasteiger partial charge in [-0.15, -0.1) is 0 Å². The van der Waals surface area contributed by atoms with Crippen LogP contribution in [-0.2, 0) is 13.1 Å². The molecule has 174 valence electrons. The number of benzene rings is 1. The average molecular weight is 450 g/mol. The third kappa shape index (κ3) is 4.57. The Bertz CT molecular complexity index is 1260. The van der Waals surface area contributed by atoms with E-state index in [1.54, 1.807) is 31.4 Å². The molecule has 1 aromatic carbocycles. The summed E-state index contributed by atoms with van der Waals surface area (Å²) in [6.07, 6.45) is 3.60. The smallest absolute Gasteiger partial charge is 0.278 e. The van der Waals surface area contributed by atoms with Crippen LogP contribution in [0.4, 0.5) is 5.82 Å². The van der Waals surface area contributed by atoms with Crippen LogP contribution in [-0.4, -0.2) is 53.2 Å². The number of nitrogens with zero attached hydrogens (tertiary/aromatic N) is 4. The molecule has 0 atom stereocenters. The first-order valence-corrected chi connectivity index (χ1v) is 11.2. The van der Waals surface area contributed by atoms with E-state index < -0.39 is 0 Å². The Morgan fingerprint density at radius 2 is 2.00 bits per heavy atom. The van der Waals surface area contributed by atoms with Crippen molar-refractivity contribution >= 4 is 22.6 Å². The van der Waals surface area contributed by atoms with Crippen molar-refractivity contribution in [3.8, 4) is 5.75 Å². The summed E-state index contributed by atoms with van der Waals surface area (Å²) in [7, 11) is 1.56. The molecule has 1 saturated heterocycles. The molecule has 0 unspecified atom stereocenters. The lowest BCUT2D eigenvalue weighted by molar-refractivity contribution is 0.0970. The van der Waals surface area contributed by atoms with Crippen LogP contribution in [0.3, 0.4) is 0 Å². The molecule has 0 saturated carbocycles. The second-order valence-corrected chi connectivity index (χ2v) is 8.61. The number of hydrogen-bond donors (Lipinski definition) is 1. The van der Waals surface area contributed by atoms with Gasteiger partial charge >= 0.3 is 0 Å². The zero-order valence-electron chi connectivity index (χ0n) is 19.7. The first kappa shape index (κ1) is 22.8. The van der Waals surface area contributed by atoms with Gasteiger partial charge < -0.3 is 19.5 Å². The monoisotopic (exact) mass is 449 g/mol. The van der Waals surface area contributed by atoms with Gasteiger partial charge in [0.25, 0.3) is 5.56 Å². The summed E-state index contributed by atoms with van der Waals surface area (Å²) in [5, 5.41) is 3.38. The molecule has 1 N–H and O–H groups in total. The number of fused-ring (bicyclic) bond motifs is 1. The highest BCUT2D eigenvalue weighted by atomic mass is 16.5. The molecule has 8 heteroatoms. The fourth-order valence-electron chi connectivity index (χ4n) is 4.30. The Kier molecular flexibility index (Phi) is 6.65. The van der Waals surface area contributed by atoms with Crippen molar-refractivity contribution in [2.45, 2.75) is 33.9 Å². The zero-order valence-corrected chi connectivity index (χ0v) is 19.7. The molecule has 3 aromatic rings. The van der Waals surface area contributed by atoms with Crippen molar-refractivity contribution in [3.05, 3.63) is 63.7 Å². The molecule has 2 aromatic heterocycles. The minimum atomic E-state index is -0.206. The largest absolute Gasteiger partial charge is 0.497 e. The summed E-state index contributed by atoms with van der Waals surface area (Å²) >= 11 is 0. The van der Waals surface area contributed by atoms with Gasteiger partial charge in [-0.2, -0.15) is 0 Å². The molecule has 33 heavy (non-hydrogen) atoms. The molecule has 1 fully saturated rings. The molecule has 1 aliphatic rings. The van der Waals surface area contributed by atoms with Gasteiger partial charge in [-0.25, -0.2) is 4.98 Å². The van der Waals surface area contributed by atoms with Crippen molar-refractivity contribution in [1.29, 1.82) is 0 Å². The molecular weight excluding hydrogens is 418 g/mol. The topological polar surface area (TPSA) is 81.4 Å². The first-order chi connectivity index (χ1) is 15.9. The van der Waals surface area contributed by atoms with Gasteiger partial charge in [-0.05, 0) is 32.9 Å². The maximum atomic E-state index is 13.6. The molecule has 0 amide bonds. The lowest BCUT2D eigenvalue weighted by Crippen LogP contribution is -2.44. The molecule has 0 radical (unpaired) electrons. The van der Waals surface area contributed by atoms with Crippen LogP contribution in [0.15, 0.2) is 47.0 Å². The highest BCUT2D eigenvalue weighted by molar-refractivity contribution is 5.96. The van der Waals surface area contributed by atoms with Crippen LogP contribution in [0, 0.1) is 6.92 Å². The Labute approximate surface area is 193 Å². The number of rotatable bonds is 7. The summed E-state index contributed by atoms with van der Waals surface area (Å²) in [5.41, 5.74) is 3.71. The van der Waals surface area contributed by atoms with E-state index in [4.69, 9.17) is 4.74 Å². The van der Waals surface area contributed by atoms with Gasteiger partial charge in [-0.3, -0.25) is 14.2 Å². The van der Waals surface area contributed by atoms with E-state index >= 15 is 0 Å². The van der Waals surface area contributed by atoms with Crippen LogP contribution in [0.5, 0.6) is 5.75 Å². The molecule has 3 heterocycles. The predicted molar refractivity (Wildman–Crippen MR) is 131 cm³/mol. The quantitative estimate of drug-likeness (QED) is 0.441. The van der Waals surface area contributed by atoms with Gasteiger partial charge in [0.2, 0.25) is 0 Å². The molecule has 1 aliphatic heterocycles. The SMILES string of the molecule is COc1cccc(C(=O)Cn2cnc3c(C)c(N4CCNCC4)n(CC=C(C)C)c3c2=O)c1. The molecule has 0 spiro atoms. The molecule has 4 rings (SSSR count). The van der Waals surface area contributed by atoms with Gasteiger partial charge in [0.05, 0.1) is 20.0 Å². The second kappa shape index (κ2) is 9.62. The standard InChI is InChI=1S/C25H31N5O3/c1-17(2)8-11-30-23-22(18(3)24(30)28-12-9-26-10-13-28)27-16-29(25(23)32)15-21(31)19-6-5-7-20(14-19)33-4/h5-8,14,16,26H,9-13,15H2,1-4H3. The minimum Gasteiger partial charge on any atom is -0.497 e. The molecule has 0 bridgehead atoms. The number of allylic oxidation sites excluding steroid dienone is 2. The van der Waals surface area contributed by atoms with E-state index in [-0.39, 0.29) is 17.9 Å². The number of hydrogen-bond acceptors (Lipinski definition) is 6. The number of ketones is 1. The van der Waals surface area contributed by atoms with Gasteiger partial charge in [0.15, 0.2) is 5.78 Å². The fourth-order valence-corrected chi connectivity index (χ4v) is 4.30. The van der Waals surface area contributed by atoms with Crippen LogP contribution in [0.1, 0.15) is 29.8 Å². The molecule has 0 aliphatic carbocycles. The van der Waals surface area contributed by atoms with Crippen molar-refractivity contribution in [1.82, 2.24) is 19.4 Å². The summed E-state index contributed by atoms with van der Waals surface area (Å²) in [6, 6.07) is 6.96. The maximum Gasteiger partial charge on any atom is 0.278 e. The Balaban J connectivity index is 1.79. The van der Waals surface area contributed by atoms with Crippen LogP contribution < -0.4 is 20.5 Å². The number of methoxy groups -OCH3 is 1. The fraction of sp³-hybridized carbons (Fsp3) is 0.400. The first-order valence-electron chi connectivity index (χ1n) is 11.2. The van der Waals surface area contributed by atoms with E-state index in [0.717, 1.165) is 37.6 Å². The number of piperazine rings is 1. The van der Waals surface area contributed by atoms with Crippen LogP contribution >= 0.6 is 0 Å². The van der Waals surface area contributed by atoms with Crippen LogP contribution in [0.2, 0.25) is 0 Å². The Morgan fingerprint density at radius 1 is 1.24 bits per heavy atom. The van der Waals surface area contributed by atoms with E-state index in [0.29, 0.717) is 28.9 Å². The van der Waals surface area contributed by atoms with Gasteiger partial charge in [0, 0.05) is 43.9 Å². The number of aryl methyl sites for hydroxylation is 1. The van der Waals surface area contributed by atoms with E-state index in [2.05, 4.69) is 25.8 Å². The average Bonchev–Trinajstić information content (AvgIpc) is 3.12. The summed E-state index contributed by atoms with van der Waals surface area (Å²) in [5.74, 6) is 1.47. The third-order valence-corrected chi connectivity index (χ3v) is 6.03. The summed E-state index contributed by atoms with van der Waals surface area (Å²) in [6.45, 7) is 10.2. The number of nitrogens with one attached hydrogen (secondary N) is 1. The number of anilines is 1. The van der Waals surface area contributed by atoms with E-state index in [9.17, 15) is 9.59 Å². The minimum absolute atomic E-state index is 0.0786. The molecule has 8 nitrogen and oxygen atoms in total. The van der Waals surface area contributed by atoms with Crippen molar-refractivity contribution in [2.24, 2.45) is 0 Å². The van der Waals surface area contributed by atoms with Crippen molar-refractivity contribution < 1.29 is 9.53 Å². The lowest BCUT2D eigenvalue weighted by atomic mass is 10.1. The number of carbonyl (C=O) groups excluding carboxylic acids is 1. The second-order valence-electron chi connectivity index (χ2n) is 8.61. The van der Waals surface area contributed by atoms with E-state index in [1.165, 1.54) is 16.5 Å². The Hall–Kier alpha value is -3.39. The number of carbonyl (C=O) groups is 1. The van der Waals surface area contributed by atoms with Gasteiger partial charge in [-0.1, -0.05) is 23.8 Å². The predicted octanol–water partition coefficient (Wildman–Crippen LogP) is 2.77. The van der Waals surface area contributed by atoms with Crippen molar-refractivity contribution in [2.75, 3.05) is 38.2 Å². The normalized spacial score (nSPS) is 13.9. The van der Waals surface area contributed by atoms with Crippen molar-refractivity contribution in [3.63, 3.8) is 0 Å². The number of Topliss-reactive ketones (excluding diaryl/α,β-unsaturated/α-hetero) is 1. The highest BCUT2D eigenvalue weighted by Crippen LogP contribution is 2.30. The maximum absolute atomic E-state index is 13.6. The Morgan fingerprint density at radius 3 is 2.70 bits per heavy atom. The molecular formula is C25H31N5O3. The number of aromatic nitrogens is 3. The third-order valence-electron chi connectivity index (χ3n) is 6.03. The van der Waals surface area contributed by atoms with Crippen LogP contribution in [0.25, 0.3) is 11.0 Å². The van der Waals surface area contributed by atoms with Gasteiger partial charge in [0.1, 0.15) is 22.6 Å². The highest BCUT2D eigenvalue weighted by Gasteiger charge is 2.24. The number of ether oxygens (including phenoxy) is 1. The van der Waals surface area contributed by atoms with E-state index in [1.807, 2.05) is 20.8 Å². The summed E-state index contributed by atoms with van der Waals surface area (Å²) < 4.78 is 8.69. The zero-order chi connectivity index (χ0) is 23.5.